The van der Waals surface area contributed by atoms with E-state index in [9.17, 15) is 5.11 Å². The number of aromatic hydroxyl groups is 1. The molecular formula is C25H37OV2-. The van der Waals surface area contributed by atoms with Crippen LogP contribution in [0, 0.1) is 32.1 Å². The zero-order chi connectivity index (χ0) is 17.8. The molecule has 0 heterocycles. The van der Waals surface area contributed by atoms with Gasteiger partial charge in [0.05, 0.1) is 0 Å². The summed E-state index contributed by atoms with van der Waals surface area (Å²) in [4.78, 5) is 0. The summed E-state index contributed by atoms with van der Waals surface area (Å²) in [6, 6.07) is 18.3. The van der Waals surface area contributed by atoms with Crippen molar-refractivity contribution in [1.82, 2.24) is 0 Å². The van der Waals surface area contributed by atoms with E-state index in [-0.39, 0.29) is 62.8 Å². The van der Waals surface area contributed by atoms with Gasteiger partial charge >= 0.3 is 18.6 Å². The summed E-state index contributed by atoms with van der Waals surface area (Å²) in [6.45, 7) is 11.6. The Kier molecular flexibility index (Phi) is 15.4. The second kappa shape index (κ2) is 13.5. The fourth-order valence-electron chi connectivity index (χ4n) is 3.28. The van der Waals surface area contributed by atoms with Crippen molar-refractivity contribution >= 4 is 0 Å². The Labute approximate surface area is 198 Å². The van der Waals surface area contributed by atoms with Crippen LogP contribution >= 0.6 is 0 Å². The summed E-state index contributed by atoms with van der Waals surface area (Å²) in [7, 11) is 0. The van der Waals surface area contributed by atoms with Gasteiger partial charge in [-0.15, -0.1) is 12.1 Å². The quantitative estimate of drug-likeness (QED) is 0.448. The first kappa shape index (κ1) is 32.0. The van der Waals surface area contributed by atoms with Crippen molar-refractivity contribution < 1.29 is 42.2 Å². The number of rotatable bonds is 6. The standard InChI is InChI=1S/C23H31O.2CH3.2V/c1-22(2,3)17-21(19-11-13-20(24)14-12-19)23(4,5)16-15-18-9-7-6-8-10-18;;;;/h6-15,21,24H,16-17H2,1-5H3;2*1H3;;/q3*-1;;+2. The Morgan fingerprint density at radius 3 is 1.82 bits per heavy atom. The molecule has 154 valence electrons. The van der Waals surface area contributed by atoms with Crippen molar-refractivity contribution in [3.05, 3.63) is 87.0 Å². The predicted molar refractivity (Wildman–Crippen MR) is 116 cm³/mol. The SMILES string of the molecule is CC(C)(C)CC(c1ccc(O)cc1)C(C)(C)C[CH-]c1ccccc1.[CH3-].[CH3-].[V+2].[V]. The minimum atomic E-state index is 0. The maximum absolute atomic E-state index is 9.62. The van der Waals surface area contributed by atoms with Gasteiger partial charge < -0.3 is 20.0 Å². The zero-order valence-electron chi connectivity index (χ0n) is 18.6. The van der Waals surface area contributed by atoms with Crippen LogP contribution in [0.5, 0.6) is 5.75 Å². The molecule has 28 heavy (non-hydrogen) atoms. The molecule has 0 amide bonds. The Bertz CT molecular complexity index is 628. The van der Waals surface area contributed by atoms with Gasteiger partial charge in [0.2, 0.25) is 0 Å². The molecule has 1 N–H and O–H groups in total. The summed E-state index contributed by atoms with van der Waals surface area (Å²) >= 11 is 0. The van der Waals surface area contributed by atoms with Gasteiger partial charge in [0, 0.05) is 18.6 Å². The molecule has 3 heteroatoms. The van der Waals surface area contributed by atoms with Crippen LogP contribution in [0.1, 0.15) is 64.5 Å². The molecular weight excluding hydrogens is 418 g/mol. The Morgan fingerprint density at radius 1 is 0.857 bits per heavy atom. The van der Waals surface area contributed by atoms with Crippen LogP contribution in [0.15, 0.2) is 54.6 Å². The third-order valence-corrected chi connectivity index (χ3v) is 4.72. The van der Waals surface area contributed by atoms with E-state index in [0.717, 1.165) is 12.8 Å². The molecule has 0 aliphatic heterocycles. The van der Waals surface area contributed by atoms with Crippen LogP contribution < -0.4 is 0 Å². The largest absolute Gasteiger partial charge is 2.00 e. The molecule has 0 bridgehead atoms. The van der Waals surface area contributed by atoms with E-state index >= 15 is 0 Å². The van der Waals surface area contributed by atoms with Gasteiger partial charge in [-0.25, -0.2) is 0 Å². The molecule has 0 spiro atoms. The van der Waals surface area contributed by atoms with Crippen LogP contribution in [0.4, 0.5) is 0 Å². The number of phenolic OH excluding ortho intramolecular Hbond substituents is 1. The van der Waals surface area contributed by atoms with Crippen molar-refractivity contribution in [2.75, 3.05) is 0 Å². The molecule has 2 radical (unpaired) electrons. The van der Waals surface area contributed by atoms with E-state index in [1.54, 1.807) is 0 Å². The fourth-order valence-corrected chi connectivity index (χ4v) is 3.28. The normalized spacial score (nSPS) is 11.6. The number of hydrogen-bond donors (Lipinski definition) is 1. The Hall–Kier alpha value is -0.721. The molecule has 2 rings (SSSR count). The third kappa shape index (κ3) is 10.2. The monoisotopic (exact) mass is 455 g/mol. The maximum Gasteiger partial charge on any atom is 2.00 e. The van der Waals surface area contributed by atoms with Crippen LogP contribution in [-0.4, -0.2) is 5.11 Å². The molecule has 0 saturated carbocycles. The van der Waals surface area contributed by atoms with Gasteiger partial charge in [0.1, 0.15) is 5.75 Å². The molecule has 0 fully saturated rings. The molecule has 2 aromatic carbocycles. The van der Waals surface area contributed by atoms with E-state index in [1.165, 1.54) is 11.1 Å². The number of benzene rings is 2. The topological polar surface area (TPSA) is 20.2 Å². The summed E-state index contributed by atoms with van der Waals surface area (Å²) in [5.41, 5.74) is 2.99. The average Bonchev–Trinajstić information content (AvgIpc) is 2.52. The van der Waals surface area contributed by atoms with Crippen LogP contribution in [0.2, 0.25) is 0 Å². The first-order valence-corrected chi connectivity index (χ1v) is 8.85. The molecule has 0 aliphatic carbocycles. The zero-order valence-corrected chi connectivity index (χ0v) is 21.4. The van der Waals surface area contributed by atoms with Gasteiger partial charge in [-0.05, 0) is 40.9 Å². The summed E-state index contributed by atoms with van der Waals surface area (Å²) in [6.07, 6.45) is 4.49. The van der Waals surface area contributed by atoms with Gasteiger partial charge in [-0.3, -0.25) is 0 Å². The second-order valence-corrected chi connectivity index (χ2v) is 8.72. The van der Waals surface area contributed by atoms with Gasteiger partial charge in [0.15, 0.2) is 0 Å². The van der Waals surface area contributed by atoms with Crippen LogP contribution in [0.25, 0.3) is 0 Å². The predicted octanol–water partition coefficient (Wildman–Crippen LogP) is 7.48. The van der Waals surface area contributed by atoms with Crippen molar-refractivity contribution in [3.8, 4) is 5.75 Å². The Balaban J connectivity index is -0.00000156. The second-order valence-electron chi connectivity index (χ2n) is 8.72. The number of hydrogen-bond acceptors (Lipinski definition) is 1. The van der Waals surface area contributed by atoms with Gasteiger partial charge in [0.25, 0.3) is 0 Å². The molecule has 0 saturated heterocycles. The van der Waals surface area contributed by atoms with E-state index in [0.29, 0.717) is 11.7 Å². The minimum Gasteiger partial charge on any atom is -0.508 e. The minimum absolute atomic E-state index is 0. The summed E-state index contributed by atoms with van der Waals surface area (Å²) in [5, 5.41) is 9.62. The fraction of sp³-hybridized carbons (Fsp3) is 0.400. The van der Waals surface area contributed by atoms with Crippen molar-refractivity contribution in [3.63, 3.8) is 0 Å². The third-order valence-electron chi connectivity index (χ3n) is 4.72. The number of phenols is 1. The van der Waals surface area contributed by atoms with Crippen molar-refractivity contribution in [1.29, 1.82) is 0 Å². The van der Waals surface area contributed by atoms with E-state index in [1.807, 2.05) is 12.1 Å². The smallest absolute Gasteiger partial charge is 0.508 e. The average molecular weight is 455 g/mol. The molecule has 1 atom stereocenters. The van der Waals surface area contributed by atoms with Crippen LogP contribution in [-0.2, 0) is 37.1 Å². The molecule has 0 aromatic heterocycles. The molecule has 0 aliphatic rings. The molecule has 1 nitrogen and oxygen atoms in total. The van der Waals surface area contributed by atoms with Crippen molar-refractivity contribution in [2.45, 2.75) is 53.4 Å². The summed E-state index contributed by atoms with van der Waals surface area (Å²) in [5.74, 6) is 0.778. The van der Waals surface area contributed by atoms with Crippen LogP contribution in [0.3, 0.4) is 0 Å². The van der Waals surface area contributed by atoms with Gasteiger partial charge in [-0.2, -0.15) is 24.1 Å². The Morgan fingerprint density at radius 2 is 1.36 bits per heavy atom. The maximum atomic E-state index is 9.62. The first-order valence-electron chi connectivity index (χ1n) is 8.85. The molecule has 1 unspecified atom stereocenters. The summed E-state index contributed by atoms with van der Waals surface area (Å²) < 4.78 is 0. The first-order chi connectivity index (χ1) is 11.2. The van der Waals surface area contributed by atoms with E-state index < -0.39 is 0 Å². The van der Waals surface area contributed by atoms with E-state index in [4.69, 9.17) is 0 Å². The van der Waals surface area contributed by atoms with E-state index in [2.05, 4.69) is 83.5 Å². The van der Waals surface area contributed by atoms with Crippen molar-refractivity contribution in [2.24, 2.45) is 10.8 Å². The van der Waals surface area contributed by atoms with Gasteiger partial charge in [-0.1, -0.05) is 59.2 Å². The molecule has 2 aromatic rings.